The van der Waals surface area contributed by atoms with Crippen LogP contribution in [0.4, 0.5) is 5.69 Å². The van der Waals surface area contributed by atoms with Crippen molar-refractivity contribution in [2.24, 2.45) is 0 Å². The lowest BCUT2D eigenvalue weighted by atomic mass is 10.2. The second-order valence-electron chi connectivity index (χ2n) is 3.24. The second-order valence-corrected chi connectivity index (χ2v) is 3.24. The molecule has 0 aromatic heterocycles. The van der Waals surface area contributed by atoms with Crippen molar-refractivity contribution in [1.29, 1.82) is 5.26 Å². The molecule has 84 valence electrons. The van der Waals surface area contributed by atoms with Gasteiger partial charge in [0.25, 0.3) is 0 Å². The second kappa shape index (κ2) is 5.71. The van der Waals surface area contributed by atoms with E-state index in [1.165, 1.54) is 12.1 Å². The summed E-state index contributed by atoms with van der Waals surface area (Å²) < 4.78 is 5.43. The summed E-state index contributed by atoms with van der Waals surface area (Å²) in [4.78, 5) is 10.2. The van der Waals surface area contributed by atoms with E-state index in [0.717, 1.165) is 0 Å². The van der Waals surface area contributed by atoms with E-state index >= 15 is 0 Å². The van der Waals surface area contributed by atoms with E-state index in [2.05, 4.69) is 0 Å². The molecule has 5 nitrogen and oxygen atoms in total. The molecule has 0 spiro atoms. The van der Waals surface area contributed by atoms with Gasteiger partial charge in [-0.1, -0.05) is 19.1 Å². The lowest BCUT2D eigenvalue weighted by Gasteiger charge is -2.14. The van der Waals surface area contributed by atoms with E-state index in [1.807, 2.05) is 13.0 Å². The molecule has 5 heteroatoms. The molecule has 0 N–H and O–H groups in total. The van der Waals surface area contributed by atoms with E-state index in [9.17, 15) is 10.1 Å². The van der Waals surface area contributed by atoms with E-state index in [4.69, 9.17) is 10.00 Å². The summed E-state index contributed by atoms with van der Waals surface area (Å²) in [5.74, 6) is 0.217. The summed E-state index contributed by atoms with van der Waals surface area (Å²) in [6.45, 7) is 1.87. The van der Waals surface area contributed by atoms with Gasteiger partial charge in [-0.05, 0) is 12.5 Å². The molecule has 1 aromatic rings. The normalized spacial score (nSPS) is 11.5. The molecule has 0 radical (unpaired) electrons. The van der Waals surface area contributed by atoms with Gasteiger partial charge in [-0.3, -0.25) is 10.1 Å². The van der Waals surface area contributed by atoms with Crippen LogP contribution >= 0.6 is 0 Å². The molecule has 0 saturated heterocycles. The van der Waals surface area contributed by atoms with Crippen LogP contribution in [0.3, 0.4) is 0 Å². The van der Waals surface area contributed by atoms with Crippen LogP contribution in [0.2, 0.25) is 0 Å². The predicted molar refractivity (Wildman–Crippen MR) is 58.0 cm³/mol. The van der Waals surface area contributed by atoms with E-state index in [0.29, 0.717) is 6.42 Å². The van der Waals surface area contributed by atoms with Gasteiger partial charge in [0.05, 0.1) is 17.4 Å². The molecule has 1 aromatic carbocycles. The maximum Gasteiger partial charge on any atom is 0.310 e. The van der Waals surface area contributed by atoms with Crippen LogP contribution < -0.4 is 4.74 Å². The first-order valence-corrected chi connectivity index (χ1v) is 4.96. The molecule has 0 amide bonds. The Hall–Kier alpha value is -2.09. The first kappa shape index (κ1) is 12.0. The Labute approximate surface area is 93.4 Å². The zero-order valence-electron chi connectivity index (χ0n) is 8.92. The third-order valence-corrected chi connectivity index (χ3v) is 2.13. The van der Waals surface area contributed by atoms with Crippen LogP contribution in [0.15, 0.2) is 24.3 Å². The fraction of sp³-hybridized carbons (Fsp3) is 0.364. The van der Waals surface area contributed by atoms with Gasteiger partial charge in [-0.15, -0.1) is 0 Å². The first-order chi connectivity index (χ1) is 7.69. The van der Waals surface area contributed by atoms with Gasteiger partial charge in [0.2, 0.25) is 0 Å². The third kappa shape index (κ3) is 2.95. The largest absolute Gasteiger partial charge is 0.482 e. The molecule has 0 heterocycles. The molecule has 16 heavy (non-hydrogen) atoms. The molecule has 0 saturated carbocycles. The summed E-state index contributed by atoms with van der Waals surface area (Å²) in [5.41, 5.74) is -0.0705. The van der Waals surface area contributed by atoms with Crippen molar-refractivity contribution in [3.63, 3.8) is 0 Å². The van der Waals surface area contributed by atoms with Gasteiger partial charge in [0.1, 0.15) is 6.10 Å². The average molecular weight is 220 g/mol. The number of nitro benzene ring substituents is 1. The number of rotatable bonds is 5. The van der Waals surface area contributed by atoms with Crippen LogP contribution in [-0.4, -0.2) is 11.0 Å². The standard InChI is InChI=1S/C11H12N2O3/c1-2-9(7-8-12)16-11-6-4-3-5-10(11)13(14)15/h3-6,9H,2,7H2,1H3. The molecule has 0 aliphatic heterocycles. The maximum atomic E-state index is 10.7. The summed E-state index contributed by atoms with van der Waals surface area (Å²) in [5, 5.41) is 19.3. The molecular formula is C11H12N2O3. The summed E-state index contributed by atoms with van der Waals surface area (Å²) in [7, 11) is 0. The van der Waals surface area contributed by atoms with Crippen molar-refractivity contribution in [2.75, 3.05) is 0 Å². The van der Waals surface area contributed by atoms with Gasteiger partial charge < -0.3 is 4.74 Å². The highest BCUT2D eigenvalue weighted by molar-refractivity contribution is 5.45. The predicted octanol–water partition coefficient (Wildman–Crippen LogP) is 2.67. The zero-order chi connectivity index (χ0) is 12.0. The van der Waals surface area contributed by atoms with Crippen molar-refractivity contribution in [3.8, 4) is 11.8 Å². The van der Waals surface area contributed by atoms with Crippen molar-refractivity contribution in [3.05, 3.63) is 34.4 Å². The summed E-state index contributed by atoms with van der Waals surface area (Å²) >= 11 is 0. The Morgan fingerprint density at radius 3 is 2.81 bits per heavy atom. The van der Waals surface area contributed by atoms with Gasteiger partial charge in [0.15, 0.2) is 5.75 Å². The fourth-order valence-electron chi connectivity index (χ4n) is 1.26. The summed E-state index contributed by atoms with van der Waals surface area (Å²) in [6, 6.07) is 8.16. The van der Waals surface area contributed by atoms with Crippen molar-refractivity contribution in [2.45, 2.75) is 25.9 Å². The number of benzene rings is 1. The van der Waals surface area contributed by atoms with Gasteiger partial charge in [0, 0.05) is 6.07 Å². The highest BCUT2D eigenvalue weighted by Gasteiger charge is 2.17. The molecule has 1 atom stereocenters. The number of nitrogens with zero attached hydrogens (tertiary/aromatic N) is 2. The Morgan fingerprint density at radius 1 is 1.56 bits per heavy atom. The Balaban J connectivity index is 2.87. The number of nitro groups is 1. The van der Waals surface area contributed by atoms with Crippen LogP contribution in [0, 0.1) is 21.4 Å². The highest BCUT2D eigenvalue weighted by Crippen LogP contribution is 2.27. The molecule has 0 bridgehead atoms. The first-order valence-electron chi connectivity index (χ1n) is 4.96. The van der Waals surface area contributed by atoms with Crippen LogP contribution in [0.1, 0.15) is 19.8 Å². The SMILES string of the molecule is CCC(CC#N)Oc1ccccc1[N+](=O)[O-]. The topological polar surface area (TPSA) is 76.2 Å². The fourth-order valence-corrected chi connectivity index (χ4v) is 1.26. The van der Waals surface area contributed by atoms with E-state index < -0.39 is 4.92 Å². The number of hydrogen-bond donors (Lipinski definition) is 0. The number of hydrogen-bond acceptors (Lipinski definition) is 4. The Bertz CT molecular complexity index is 412. The van der Waals surface area contributed by atoms with Crippen LogP contribution in [0.5, 0.6) is 5.75 Å². The molecule has 0 aliphatic carbocycles. The van der Waals surface area contributed by atoms with E-state index in [-0.39, 0.29) is 24.0 Å². The number of nitriles is 1. The maximum absolute atomic E-state index is 10.7. The highest BCUT2D eigenvalue weighted by atomic mass is 16.6. The Morgan fingerprint density at radius 2 is 2.25 bits per heavy atom. The van der Waals surface area contributed by atoms with Crippen molar-refractivity contribution in [1.82, 2.24) is 0 Å². The van der Waals surface area contributed by atoms with Gasteiger partial charge in [-0.2, -0.15) is 5.26 Å². The number of para-hydroxylation sites is 2. The minimum absolute atomic E-state index is 0.0705. The molecule has 1 rings (SSSR count). The van der Waals surface area contributed by atoms with Crippen molar-refractivity contribution < 1.29 is 9.66 Å². The minimum atomic E-state index is -0.492. The van der Waals surface area contributed by atoms with Crippen LogP contribution in [0.25, 0.3) is 0 Å². The smallest absolute Gasteiger partial charge is 0.310 e. The zero-order valence-corrected chi connectivity index (χ0v) is 8.92. The monoisotopic (exact) mass is 220 g/mol. The molecule has 0 fully saturated rings. The van der Waals surface area contributed by atoms with Gasteiger partial charge in [-0.25, -0.2) is 0 Å². The van der Waals surface area contributed by atoms with Crippen LogP contribution in [-0.2, 0) is 0 Å². The molecule has 0 aliphatic rings. The average Bonchev–Trinajstić information content (AvgIpc) is 2.29. The quantitative estimate of drug-likeness (QED) is 0.564. The summed E-state index contributed by atoms with van der Waals surface area (Å²) in [6.07, 6.45) is 0.563. The minimum Gasteiger partial charge on any atom is -0.482 e. The third-order valence-electron chi connectivity index (χ3n) is 2.13. The molecular weight excluding hydrogens is 208 g/mol. The van der Waals surface area contributed by atoms with E-state index in [1.54, 1.807) is 12.1 Å². The lowest BCUT2D eigenvalue weighted by molar-refractivity contribution is -0.386. The lowest BCUT2D eigenvalue weighted by Crippen LogP contribution is -2.15. The van der Waals surface area contributed by atoms with Gasteiger partial charge >= 0.3 is 5.69 Å². The van der Waals surface area contributed by atoms with Crippen molar-refractivity contribution >= 4 is 5.69 Å². The number of ether oxygens (including phenoxy) is 1. The molecule has 1 unspecified atom stereocenters. The Kier molecular flexibility index (Phi) is 4.28.